The van der Waals surface area contributed by atoms with Crippen LogP contribution in [0.1, 0.15) is 40.8 Å². The van der Waals surface area contributed by atoms with Crippen LogP contribution in [0.3, 0.4) is 0 Å². The lowest BCUT2D eigenvalue weighted by Gasteiger charge is -2.42. The van der Waals surface area contributed by atoms with Crippen molar-refractivity contribution < 1.29 is 4.79 Å². The van der Waals surface area contributed by atoms with E-state index in [1.54, 1.807) is 18.5 Å². The molecule has 5 rings (SSSR count). The monoisotopic (exact) mass is 485 g/mol. The third-order valence-corrected chi connectivity index (χ3v) is 8.23. The topological polar surface area (TPSA) is 155 Å². The molecule has 172 valence electrons. The summed E-state index contributed by atoms with van der Waals surface area (Å²) < 4.78 is 2.00. The molecule has 1 fully saturated rings. The highest BCUT2D eigenvalue weighted by Crippen LogP contribution is 2.48. The number of anilines is 2. The van der Waals surface area contributed by atoms with E-state index in [2.05, 4.69) is 20.0 Å². The standard InChI is InChI=1S/C21H24ClN9OS/c1-11-20(33-13-3-6-26-17(24)14(13)22)29-15(18(25)32)19(28-11)30-8-4-21(5-9-30)10-31-12(16(21)23)2-7-27-31/h2-3,6-7,16H,4-5,8-10,23H2,1H3,(H2,24,26)(H2,25,32)/t16-/m1/s1. The molecule has 2 aliphatic rings. The lowest BCUT2D eigenvalue weighted by molar-refractivity contribution is 0.0994. The normalized spacial score (nSPS) is 19.1. The number of carbonyl (C=O) groups is 1. The number of rotatable bonds is 4. The molecule has 1 amide bonds. The highest BCUT2D eigenvalue weighted by Gasteiger charge is 2.47. The van der Waals surface area contributed by atoms with Crippen molar-refractivity contribution in [3.05, 3.63) is 46.6 Å². The van der Waals surface area contributed by atoms with Crippen molar-refractivity contribution in [2.24, 2.45) is 16.9 Å². The van der Waals surface area contributed by atoms with Crippen molar-refractivity contribution in [1.82, 2.24) is 24.7 Å². The van der Waals surface area contributed by atoms with Gasteiger partial charge in [0.15, 0.2) is 11.5 Å². The van der Waals surface area contributed by atoms with Crippen LogP contribution in [-0.4, -0.2) is 43.7 Å². The van der Waals surface area contributed by atoms with E-state index in [1.807, 2.05) is 17.7 Å². The second-order valence-corrected chi connectivity index (χ2v) is 9.91. The van der Waals surface area contributed by atoms with Gasteiger partial charge in [-0.25, -0.2) is 15.0 Å². The first kappa shape index (κ1) is 21.9. The quantitative estimate of drug-likeness (QED) is 0.504. The van der Waals surface area contributed by atoms with Crippen molar-refractivity contribution in [2.45, 2.75) is 42.3 Å². The van der Waals surface area contributed by atoms with Crippen LogP contribution >= 0.6 is 23.4 Å². The van der Waals surface area contributed by atoms with Crippen molar-refractivity contribution in [3.63, 3.8) is 0 Å². The van der Waals surface area contributed by atoms with Crippen LogP contribution in [0.15, 0.2) is 34.4 Å². The van der Waals surface area contributed by atoms with Crippen molar-refractivity contribution >= 4 is 40.9 Å². The molecule has 2 aliphatic heterocycles. The Balaban J connectivity index is 1.40. The van der Waals surface area contributed by atoms with Gasteiger partial charge >= 0.3 is 0 Å². The molecule has 5 heterocycles. The summed E-state index contributed by atoms with van der Waals surface area (Å²) in [5, 5.41) is 5.27. The number of amides is 1. The summed E-state index contributed by atoms with van der Waals surface area (Å²) in [7, 11) is 0. The predicted molar refractivity (Wildman–Crippen MR) is 126 cm³/mol. The number of fused-ring (bicyclic) bond motifs is 1. The van der Waals surface area contributed by atoms with Gasteiger partial charge in [-0.3, -0.25) is 9.48 Å². The van der Waals surface area contributed by atoms with Crippen LogP contribution in [0.5, 0.6) is 0 Å². The number of carbonyl (C=O) groups excluding carboxylic acids is 1. The lowest BCUT2D eigenvalue weighted by Crippen LogP contribution is -2.45. The van der Waals surface area contributed by atoms with Gasteiger partial charge in [0.1, 0.15) is 10.8 Å². The van der Waals surface area contributed by atoms with Gasteiger partial charge in [-0.05, 0) is 31.9 Å². The molecule has 10 nitrogen and oxygen atoms in total. The molecule has 12 heteroatoms. The van der Waals surface area contributed by atoms with Gasteiger partial charge in [0.2, 0.25) is 0 Å². The molecule has 1 saturated heterocycles. The highest BCUT2D eigenvalue weighted by molar-refractivity contribution is 7.99. The van der Waals surface area contributed by atoms with Gasteiger partial charge in [0.25, 0.3) is 5.91 Å². The number of halogens is 1. The second-order valence-electron chi connectivity index (χ2n) is 8.50. The van der Waals surface area contributed by atoms with Crippen molar-refractivity contribution in [1.29, 1.82) is 0 Å². The first-order valence-electron chi connectivity index (χ1n) is 10.6. The molecule has 6 N–H and O–H groups in total. The zero-order valence-corrected chi connectivity index (χ0v) is 19.6. The van der Waals surface area contributed by atoms with Crippen LogP contribution in [0.25, 0.3) is 0 Å². The smallest absolute Gasteiger partial charge is 0.271 e. The van der Waals surface area contributed by atoms with E-state index in [4.69, 9.17) is 33.8 Å². The van der Waals surface area contributed by atoms with Gasteiger partial charge < -0.3 is 22.1 Å². The minimum absolute atomic E-state index is 0.0384. The van der Waals surface area contributed by atoms with Gasteiger partial charge in [0, 0.05) is 42.3 Å². The first-order chi connectivity index (χ1) is 15.8. The summed E-state index contributed by atoms with van der Waals surface area (Å²) in [6.45, 7) is 4.06. The number of piperidine rings is 1. The van der Waals surface area contributed by atoms with E-state index in [-0.39, 0.29) is 23.0 Å². The third-order valence-electron chi connectivity index (χ3n) is 6.58. The summed E-state index contributed by atoms with van der Waals surface area (Å²) in [5.41, 5.74) is 20.0. The number of nitrogen functional groups attached to an aromatic ring is 1. The Morgan fingerprint density at radius 2 is 2.00 bits per heavy atom. The maximum absolute atomic E-state index is 12.3. The van der Waals surface area contributed by atoms with Gasteiger partial charge in [-0.15, -0.1) is 0 Å². The van der Waals surface area contributed by atoms with E-state index < -0.39 is 5.91 Å². The lowest BCUT2D eigenvalue weighted by atomic mass is 9.73. The van der Waals surface area contributed by atoms with E-state index in [9.17, 15) is 4.79 Å². The Labute approximate surface area is 199 Å². The van der Waals surface area contributed by atoms with Crippen molar-refractivity contribution in [3.8, 4) is 0 Å². The summed E-state index contributed by atoms with van der Waals surface area (Å²) in [6, 6.07) is 3.68. The molecule has 3 aromatic rings. The molecule has 33 heavy (non-hydrogen) atoms. The summed E-state index contributed by atoms with van der Waals surface area (Å²) in [4.78, 5) is 28.3. The Bertz CT molecular complexity index is 1240. The van der Waals surface area contributed by atoms with Gasteiger partial charge in [-0.1, -0.05) is 23.4 Å². The average molecular weight is 486 g/mol. The summed E-state index contributed by atoms with van der Waals surface area (Å²) >= 11 is 7.55. The number of aromatic nitrogens is 5. The van der Waals surface area contributed by atoms with Crippen molar-refractivity contribution in [2.75, 3.05) is 23.7 Å². The molecule has 1 atom stereocenters. The molecular formula is C21H24ClN9OS. The largest absolute Gasteiger partial charge is 0.382 e. The SMILES string of the molecule is Cc1nc(N2CCC3(CC2)Cn2nccc2[C@H]3N)c(C(N)=O)nc1Sc1ccnc(N)c1Cl. The Morgan fingerprint density at radius 1 is 1.24 bits per heavy atom. The minimum Gasteiger partial charge on any atom is -0.382 e. The second kappa shape index (κ2) is 8.15. The fraction of sp³-hybridized carbons (Fsp3) is 0.381. The minimum atomic E-state index is -0.627. The number of hydrogen-bond acceptors (Lipinski definition) is 9. The first-order valence-corrected chi connectivity index (χ1v) is 11.8. The molecule has 0 saturated carbocycles. The van der Waals surface area contributed by atoms with E-state index in [0.717, 1.165) is 25.1 Å². The van der Waals surface area contributed by atoms with Gasteiger partial charge in [0.05, 0.1) is 22.5 Å². The molecule has 0 aromatic carbocycles. The fourth-order valence-electron chi connectivity index (χ4n) is 4.68. The number of nitrogens with zero attached hydrogens (tertiary/aromatic N) is 6. The Hall–Kier alpha value is -2.89. The number of pyridine rings is 1. The number of hydrogen-bond donors (Lipinski definition) is 3. The molecule has 0 aliphatic carbocycles. The Kier molecular flexibility index (Phi) is 5.42. The zero-order chi connectivity index (χ0) is 23.3. The van der Waals surface area contributed by atoms with Crippen LogP contribution in [0, 0.1) is 12.3 Å². The summed E-state index contributed by atoms with van der Waals surface area (Å²) in [6.07, 6.45) is 5.08. The molecule has 1 spiro atoms. The maximum atomic E-state index is 12.3. The predicted octanol–water partition coefficient (Wildman–Crippen LogP) is 2.16. The third kappa shape index (κ3) is 3.69. The van der Waals surface area contributed by atoms with Crippen LogP contribution in [0.4, 0.5) is 11.6 Å². The van der Waals surface area contributed by atoms with Crippen LogP contribution < -0.4 is 22.1 Å². The fourth-order valence-corrected chi connectivity index (χ4v) is 5.77. The maximum Gasteiger partial charge on any atom is 0.271 e. The average Bonchev–Trinajstić information content (AvgIpc) is 3.34. The Morgan fingerprint density at radius 3 is 2.70 bits per heavy atom. The molecule has 0 unspecified atom stereocenters. The van der Waals surface area contributed by atoms with E-state index >= 15 is 0 Å². The highest BCUT2D eigenvalue weighted by atomic mass is 35.5. The van der Waals surface area contributed by atoms with Crippen LogP contribution in [0.2, 0.25) is 5.02 Å². The molecule has 0 bridgehead atoms. The van der Waals surface area contributed by atoms with E-state index in [1.165, 1.54) is 11.8 Å². The number of aryl methyl sites for hydroxylation is 1. The number of primary amides is 1. The molecule has 3 aromatic heterocycles. The number of nitrogens with two attached hydrogens (primary N) is 3. The molecular weight excluding hydrogens is 462 g/mol. The van der Waals surface area contributed by atoms with Crippen LogP contribution in [-0.2, 0) is 6.54 Å². The van der Waals surface area contributed by atoms with E-state index in [0.29, 0.717) is 39.5 Å². The zero-order valence-electron chi connectivity index (χ0n) is 18.0. The summed E-state index contributed by atoms with van der Waals surface area (Å²) in [5.74, 6) is 0.106. The molecule has 0 radical (unpaired) electrons. The van der Waals surface area contributed by atoms with Gasteiger partial charge in [-0.2, -0.15) is 5.10 Å².